The van der Waals surface area contributed by atoms with Crippen LogP contribution in [-0.4, -0.2) is 15.9 Å². The highest BCUT2D eigenvalue weighted by Gasteiger charge is 2.13. The monoisotopic (exact) mass is 593 g/mol. The Bertz CT molecular complexity index is 1890. The summed E-state index contributed by atoms with van der Waals surface area (Å²) in [4.78, 5) is 18.1. The van der Waals surface area contributed by atoms with Gasteiger partial charge >= 0.3 is 0 Å². The van der Waals surface area contributed by atoms with Crippen molar-refractivity contribution in [3.05, 3.63) is 140 Å². The molecule has 0 unspecified atom stereocenters. The lowest BCUT2D eigenvalue weighted by Crippen LogP contribution is -2.20. The average molecular weight is 595 g/mol. The van der Waals surface area contributed by atoms with Crippen LogP contribution < -0.4 is 10.3 Å². The van der Waals surface area contributed by atoms with Crippen molar-refractivity contribution in [2.75, 3.05) is 0 Å². The van der Waals surface area contributed by atoms with Gasteiger partial charge in [0, 0.05) is 5.56 Å². The molecule has 0 aliphatic carbocycles. The topological polar surface area (TPSA) is 56.5 Å². The predicted octanol–water partition coefficient (Wildman–Crippen LogP) is 8.09. The molecule has 5 aromatic carbocycles. The van der Waals surface area contributed by atoms with Crippen LogP contribution in [0.1, 0.15) is 11.1 Å². The highest BCUT2D eigenvalue weighted by atomic mass is 79.9. The molecule has 1 heterocycles. The second-order valence-electron chi connectivity index (χ2n) is 8.92. The number of hydrogen-bond donors (Lipinski definition) is 0. The molecule has 0 aliphatic rings. The molecule has 1 aromatic heterocycles. The number of halogens is 2. The van der Waals surface area contributed by atoms with Crippen LogP contribution in [0, 0.1) is 0 Å². The van der Waals surface area contributed by atoms with E-state index in [0.717, 1.165) is 21.9 Å². The van der Waals surface area contributed by atoms with Gasteiger partial charge < -0.3 is 4.74 Å². The summed E-state index contributed by atoms with van der Waals surface area (Å²) in [6.07, 6.45) is 1.59. The highest BCUT2D eigenvalue weighted by Crippen LogP contribution is 2.35. The summed E-state index contributed by atoms with van der Waals surface area (Å²) in [6, 6.07) is 34.7. The predicted molar refractivity (Wildman–Crippen MR) is 162 cm³/mol. The van der Waals surface area contributed by atoms with Gasteiger partial charge in [0.15, 0.2) is 11.6 Å². The fourth-order valence-electron chi connectivity index (χ4n) is 4.49. The Morgan fingerprint density at radius 2 is 1.59 bits per heavy atom. The molecule has 0 bridgehead atoms. The van der Waals surface area contributed by atoms with Gasteiger partial charge in [-0.2, -0.15) is 9.78 Å². The van der Waals surface area contributed by atoms with Crippen molar-refractivity contribution in [2.45, 2.75) is 6.61 Å². The van der Waals surface area contributed by atoms with Gasteiger partial charge in [0.05, 0.1) is 26.6 Å². The first kappa shape index (κ1) is 25.0. The van der Waals surface area contributed by atoms with E-state index in [1.54, 1.807) is 18.3 Å². The zero-order valence-electron chi connectivity index (χ0n) is 20.6. The van der Waals surface area contributed by atoms with Crippen molar-refractivity contribution in [3.63, 3.8) is 0 Å². The first-order valence-electron chi connectivity index (χ1n) is 12.3. The number of nitrogens with zero attached hydrogens (tertiary/aromatic N) is 3. The van der Waals surface area contributed by atoms with Crippen molar-refractivity contribution in [3.8, 4) is 17.1 Å². The lowest BCUT2D eigenvalue weighted by Gasteiger charge is -2.13. The maximum absolute atomic E-state index is 13.4. The van der Waals surface area contributed by atoms with E-state index < -0.39 is 0 Å². The molecule has 0 atom stereocenters. The standard InChI is InChI=1S/C32H21BrClN3O2/c33-27-17-21(18-28(34)30(27)39-20-24-13-8-12-22-9-4-5-14-25(22)24)19-35-37-31(23-10-2-1-3-11-23)36-29-16-7-6-15-26(29)32(37)38/h1-19H,20H2. The lowest BCUT2D eigenvalue weighted by molar-refractivity contribution is 0.306. The number of aromatic nitrogens is 2. The molecule has 6 aromatic rings. The highest BCUT2D eigenvalue weighted by molar-refractivity contribution is 9.10. The summed E-state index contributed by atoms with van der Waals surface area (Å²) >= 11 is 10.2. The van der Waals surface area contributed by atoms with E-state index >= 15 is 0 Å². The molecule has 0 saturated carbocycles. The Balaban J connectivity index is 1.33. The largest absolute Gasteiger partial charge is 0.486 e. The third kappa shape index (κ3) is 5.09. The van der Waals surface area contributed by atoms with Crippen LogP contribution in [0.15, 0.2) is 124 Å². The molecule has 0 amide bonds. The smallest absolute Gasteiger partial charge is 0.282 e. The molecule has 0 aliphatic heterocycles. The van der Waals surface area contributed by atoms with Crippen molar-refractivity contribution >= 4 is 55.4 Å². The Kier molecular flexibility index (Phi) is 6.97. The first-order chi connectivity index (χ1) is 19.1. The van der Waals surface area contributed by atoms with Crippen LogP contribution >= 0.6 is 27.5 Å². The van der Waals surface area contributed by atoms with Crippen molar-refractivity contribution in [2.24, 2.45) is 5.10 Å². The average Bonchev–Trinajstić information content (AvgIpc) is 2.96. The van der Waals surface area contributed by atoms with Crippen LogP contribution in [0.5, 0.6) is 5.75 Å². The SMILES string of the molecule is O=c1c2ccccc2nc(-c2ccccc2)n1N=Cc1cc(Cl)c(OCc2cccc3ccccc23)c(Br)c1. The van der Waals surface area contributed by atoms with E-state index in [0.29, 0.717) is 44.1 Å². The van der Waals surface area contributed by atoms with Gasteiger partial charge in [-0.3, -0.25) is 4.79 Å². The molecular formula is C32H21BrClN3O2. The van der Waals surface area contributed by atoms with Crippen LogP contribution in [0.4, 0.5) is 0 Å². The molecular weight excluding hydrogens is 574 g/mol. The Morgan fingerprint density at radius 3 is 2.41 bits per heavy atom. The zero-order chi connectivity index (χ0) is 26.8. The number of ether oxygens (including phenoxy) is 1. The number of benzene rings is 5. The number of para-hydroxylation sites is 1. The Hall–Kier alpha value is -4.26. The van der Waals surface area contributed by atoms with Gasteiger partial charge in [0.1, 0.15) is 6.61 Å². The minimum atomic E-state index is -0.254. The van der Waals surface area contributed by atoms with Gasteiger partial charge in [0.2, 0.25) is 0 Å². The summed E-state index contributed by atoms with van der Waals surface area (Å²) in [7, 11) is 0. The van der Waals surface area contributed by atoms with Crippen LogP contribution in [0.25, 0.3) is 33.1 Å². The van der Waals surface area contributed by atoms with Crippen LogP contribution in [0.2, 0.25) is 5.02 Å². The van der Waals surface area contributed by atoms with E-state index in [1.165, 1.54) is 4.68 Å². The molecule has 7 heteroatoms. The van der Waals surface area contributed by atoms with Crippen molar-refractivity contribution in [1.82, 2.24) is 9.66 Å². The minimum Gasteiger partial charge on any atom is -0.486 e. The van der Waals surface area contributed by atoms with Gasteiger partial charge in [-0.15, -0.1) is 0 Å². The Labute approximate surface area is 238 Å². The quantitative estimate of drug-likeness (QED) is 0.183. The second kappa shape index (κ2) is 10.8. The van der Waals surface area contributed by atoms with Crippen LogP contribution in [-0.2, 0) is 6.61 Å². The fraction of sp³-hybridized carbons (Fsp3) is 0.0312. The summed E-state index contributed by atoms with van der Waals surface area (Å²) in [5.74, 6) is 0.993. The zero-order valence-corrected chi connectivity index (χ0v) is 22.9. The number of hydrogen-bond acceptors (Lipinski definition) is 4. The summed E-state index contributed by atoms with van der Waals surface area (Å²) in [5.41, 5.74) is 2.91. The van der Waals surface area contributed by atoms with Crippen molar-refractivity contribution in [1.29, 1.82) is 0 Å². The van der Waals surface area contributed by atoms with E-state index in [2.05, 4.69) is 39.2 Å². The van der Waals surface area contributed by atoms with E-state index in [-0.39, 0.29) is 5.56 Å². The van der Waals surface area contributed by atoms with Gasteiger partial charge in [0.25, 0.3) is 5.56 Å². The van der Waals surface area contributed by atoms with E-state index in [1.807, 2.05) is 78.9 Å². The van der Waals surface area contributed by atoms with Gasteiger partial charge in [-0.1, -0.05) is 96.5 Å². The molecule has 0 N–H and O–H groups in total. The van der Waals surface area contributed by atoms with E-state index in [9.17, 15) is 4.79 Å². The maximum Gasteiger partial charge on any atom is 0.282 e. The molecule has 0 saturated heterocycles. The third-order valence-electron chi connectivity index (χ3n) is 6.38. The molecule has 39 heavy (non-hydrogen) atoms. The number of fused-ring (bicyclic) bond motifs is 2. The fourth-order valence-corrected chi connectivity index (χ4v) is 5.48. The van der Waals surface area contributed by atoms with Crippen molar-refractivity contribution < 1.29 is 4.74 Å². The van der Waals surface area contributed by atoms with E-state index in [4.69, 9.17) is 21.3 Å². The minimum absolute atomic E-state index is 0.254. The summed E-state index contributed by atoms with van der Waals surface area (Å²) in [5, 5.41) is 7.75. The molecule has 6 rings (SSSR count). The number of rotatable bonds is 6. The lowest BCUT2D eigenvalue weighted by atomic mass is 10.1. The molecule has 0 fully saturated rings. The molecule has 190 valence electrons. The Morgan fingerprint density at radius 1 is 0.872 bits per heavy atom. The summed E-state index contributed by atoms with van der Waals surface area (Å²) < 4.78 is 8.14. The third-order valence-corrected chi connectivity index (χ3v) is 7.25. The molecule has 5 nitrogen and oxygen atoms in total. The van der Waals surface area contributed by atoms with Gasteiger partial charge in [-0.25, -0.2) is 4.98 Å². The van der Waals surface area contributed by atoms with Crippen LogP contribution in [0.3, 0.4) is 0 Å². The molecule has 0 radical (unpaired) electrons. The van der Waals surface area contributed by atoms with Gasteiger partial charge in [-0.05, 0) is 62.1 Å². The molecule has 0 spiro atoms. The normalized spacial score (nSPS) is 11.4. The maximum atomic E-state index is 13.4. The first-order valence-corrected chi connectivity index (χ1v) is 13.5. The second-order valence-corrected chi connectivity index (χ2v) is 10.2. The summed E-state index contributed by atoms with van der Waals surface area (Å²) in [6.45, 7) is 0.367.